The van der Waals surface area contributed by atoms with Gasteiger partial charge in [-0.2, -0.15) is 5.10 Å². The first-order chi connectivity index (χ1) is 14.3. The van der Waals surface area contributed by atoms with E-state index in [2.05, 4.69) is 10.4 Å². The Balaban J connectivity index is 1.79. The Labute approximate surface area is 167 Å². The van der Waals surface area contributed by atoms with Crippen LogP contribution in [0.5, 0.6) is 0 Å². The number of rotatable bonds is 6. The number of benzene rings is 1. The molecule has 1 aliphatic rings. The molecule has 1 aromatic carbocycles. The van der Waals surface area contributed by atoms with Crippen LogP contribution in [0, 0.1) is 5.82 Å². The summed E-state index contributed by atoms with van der Waals surface area (Å²) in [7, 11) is 1.39. The van der Waals surface area contributed by atoms with Crippen LogP contribution in [0.2, 0.25) is 0 Å². The summed E-state index contributed by atoms with van der Waals surface area (Å²) in [6.07, 6.45) is -0.567. The van der Waals surface area contributed by atoms with Gasteiger partial charge in [0.05, 0.1) is 16.5 Å². The van der Waals surface area contributed by atoms with E-state index >= 15 is 0 Å². The summed E-state index contributed by atoms with van der Waals surface area (Å²) in [6.45, 7) is -0.898. The summed E-state index contributed by atoms with van der Waals surface area (Å²) in [6, 6.07) is 4.83. The Bertz CT molecular complexity index is 1250. The van der Waals surface area contributed by atoms with Crippen molar-refractivity contribution in [3.8, 4) is 0 Å². The van der Waals surface area contributed by atoms with Gasteiger partial charge in [-0.05, 0) is 12.8 Å². The Morgan fingerprint density at radius 3 is 2.60 bits per heavy atom. The van der Waals surface area contributed by atoms with E-state index in [-0.39, 0.29) is 28.7 Å². The fraction of sp³-hybridized carbons (Fsp3) is 0.350. The summed E-state index contributed by atoms with van der Waals surface area (Å²) < 4.78 is 56.0. The van der Waals surface area contributed by atoms with Crippen LogP contribution in [0.25, 0.3) is 10.8 Å². The molecule has 2 aromatic heterocycles. The zero-order valence-corrected chi connectivity index (χ0v) is 16.0. The van der Waals surface area contributed by atoms with Crippen molar-refractivity contribution in [1.82, 2.24) is 14.3 Å². The third-order valence-corrected chi connectivity index (χ3v) is 5.46. The molecular weight excluding hydrogens is 404 g/mol. The third kappa shape index (κ3) is 3.25. The minimum Gasteiger partial charge on any atom is -0.364 e. The topological polar surface area (TPSA) is 68.9 Å². The molecule has 1 saturated carbocycles. The highest BCUT2D eigenvalue weighted by molar-refractivity contribution is 5.90. The molecular formula is C20H18F4N4O2. The van der Waals surface area contributed by atoms with Gasteiger partial charge in [0.15, 0.2) is 5.82 Å². The van der Waals surface area contributed by atoms with E-state index in [1.165, 1.54) is 29.9 Å². The Kier molecular flexibility index (Phi) is 4.87. The molecule has 0 atom stereocenters. The van der Waals surface area contributed by atoms with Gasteiger partial charge in [-0.25, -0.2) is 22.2 Å². The molecule has 3 aromatic rings. The van der Waals surface area contributed by atoms with Crippen molar-refractivity contribution in [2.45, 2.75) is 31.4 Å². The molecule has 0 bridgehead atoms. The Morgan fingerprint density at radius 1 is 1.23 bits per heavy atom. The lowest BCUT2D eigenvalue weighted by Crippen LogP contribution is -2.33. The number of hydrogen-bond acceptors (Lipinski definition) is 4. The second kappa shape index (κ2) is 7.26. The average molecular weight is 422 g/mol. The SMILES string of the molecule is Cn1nc(NCc2cccc(C(F)F)c2F)c2cn(C3(CF)CC3)c(=O)cc2c1=O. The number of nitrogens with zero attached hydrogens (tertiary/aromatic N) is 3. The van der Waals surface area contributed by atoms with Gasteiger partial charge in [0.1, 0.15) is 12.5 Å². The first kappa shape index (κ1) is 20.1. The number of anilines is 1. The quantitative estimate of drug-likeness (QED) is 0.620. The minimum atomic E-state index is -2.95. The fourth-order valence-corrected chi connectivity index (χ4v) is 3.49. The molecule has 0 amide bonds. The lowest BCUT2D eigenvalue weighted by atomic mass is 10.1. The van der Waals surface area contributed by atoms with Gasteiger partial charge in [0.25, 0.3) is 17.5 Å². The minimum absolute atomic E-state index is 0.00709. The first-order valence-electron chi connectivity index (χ1n) is 9.27. The molecule has 10 heteroatoms. The normalized spacial score (nSPS) is 15.0. The third-order valence-electron chi connectivity index (χ3n) is 5.46. The van der Waals surface area contributed by atoms with Crippen LogP contribution in [0.1, 0.15) is 30.4 Å². The molecule has 6 nitrogen and oxygen atoms in total. The number of aryl methyl sites for hydroxylation is 1. The second-order valence-electron chi connectivity index (χ2n) is 7.42. The van der Waals surface area contributed by atoms with Gasteiger partial charge in [0, 0.05) is 36.8 Å². The predicted molar refractivity (Wildman–Crippen MR) is 103 cm³/mol. The number of halogens is 4. The van der Waals surface area contributed by atoms with Crippen molar-refractivity contribution < 1.29 is 17.6 Å². The molecule has 30 heavy (non-hydrogen) atoms. The van der Waals surface area contributed by atoms with Gasteiger partial charge in [0.2, 0.25) is 0 Å². The fourth-order valence-electron chi connectivity index (χ4n) is 3.49. The summed E-state index contributed by atoms with van der Waals surface area (Å²) in [5, 5.41) is 7.31. The molecule has 2 heterocycles. The van der Waals surface area contributed by atoms with E-state index in [9.17, 15) is 27.2 Å². The molecule has 1 fully saturated rings. The van der Waals surface area contributed by atoms with E-state index in [0.29, 0.717) is 12.8 Å². The van der Waals surface area contributed by atoms with E-state index in [0.717, 1.165) is 16.8 Å². The van der Waals surface area contributed by atoms with Crippen LogP contribution >= 0.6 is 0 Å². The van der Waals surface area contributed by atoms with Crippen molar-refractivity contribution in [2.75, 3.05) is 12.0 Å². The van der Waals surface area contributed by atoms with Crippen LogP contribution in [0.4, 0.5) is 23.4 Å². The van der Waals surface area contributed by atoms with Gasteiger partial charge >= 0.3 is 0 Å². The number of pyridine rings is 1. The van der Waals surface area contributed by atoms with Gasteiger partial charge in [-0.3, -0.25) is 9.59 Å². The highest BCUT2D eigenvalue weighted by atomic mass is 19.3. The molecule has 0 unspecified atom stereocenters. The summed E-state index contributed by atoms with van der Waals surface area (Å²) in [4.78, 5) is 24.9. The summed E-state index contributed by atoms with van der Waals surface area (Å²) in [5.41, 5.74) is -2.65. The van der Waals surface area contributed by atoms with Crippen LogP contribution in [-0.4, -0.2) is 21.0 Å². The molecule has 0 spiro atoms. The monoisotopic (exact) mass is 422 g/mol. The summed E-state index contributed by atoms with van der Waals surface area (Å²) in [5.74, 6) is -0.877. The Hall–Kier alpha value is -3.17. The number of alkyl halides is 3. The molecule has 0 radical (unpaired) electrons. The van der Waals surface area contributed by atoms with Crippen LogP contribution < -0.4 is 16.4 Å². The zero-order valence-electron chi connectivity index (χ0n) is 16.0. The van der Waals surface area contributed by atoms with Gasteiger partial charge in [-0.15, -0.1) is 0 Å². The predicted octanol–water partition coefficient (Wildman–Crippen LogP) is 3.24. The molecule has 0 aliphatic heterocycles. The number of fused-ring (bicyclic) bond motifs is 1. The smallest absolute Gasteiger partial charge is 0.274 e. The van der Waals surface area contributed by atoms with E-state index in [1.54, 1.807) is 0 Å². The molecule has 0 saturated heterocycles. The van der Waals surface area contributed by atoms with Gasteiger partial charge in [-0.1, -0.05) is 18.2 Å². The maximum atomic E-state index is 14.3. The highest BCUT2D eigenvalue weighted by Gasteiger charge is 2.45. The molecule has 158 valence electrons. The molecule has 1 aliphatic carbocycles. The van der Waals surface area contributed by atoms with Gasteiger partial charge < -0.3 is 9.88 Å². The first-order valence-corrected chi connectivity index (χ1v) is 9.27. The highest BCUT2D eigenvalue weighted by Crippen LogP contribution is 2.43. The lowest BCUT2D eigenvalue weighted by Gasteiger charge is -2.17. The molecule has 1 N–H and O–H groups in total. The van der Waals surface area contributed by atoms with E-state index in [1.807, 2.05) is 0 Å². The van der Waals surface area contributed by atoms with Crippen LogP contribution in [0.15, 0.2) is 40.1 Å². The van der Waals surface area contributed by atoms with Crippen LogP contribution in [0.3, 0.4) is 0 Å². The van der Waals surface area contributed by atoms with E-state index < -0.39 is 41.1 Å². The summed E-state index contributed by atoms with van der Waals surface area (Å²) >= 11 is 0. The zero-order chi connectivity index (χ0) is 21.6. The van der Waals surface area contributed by atoms with Crippen LogP contribution in [-0.2, 0) is 19.1 Å². The van der Waals surface area contributed by atoms with Crippen molar-refractivity contribution >= 4 is 16.6 Å². The lowest BCUT2D eigenvalue weighted by molar-refractivity contribution is 0.146. The number of aromatic nitrogens is 3. The van der Waals surface area contributed by atoms with Crippen molar-refractivity contribution in [1.29, 1.82) is 0 Å². The second-order valence-corrected chi connectivity index (χ2v) is 7.42. The van der Waals surface area contributed by atoms with E-state index in [4.69, 9.17) is 0 Å². The number of nitrogens with one attached hydrogen (secondary N) is 1. The van der Waals surface area contributed by atoms with Crippen molar-refractivity contribution in [3.63, 3.8) is 0 Å². The average Bonchev–Trinajstić information content (AvgIpc) is 3.51. The van der Waals surface area contributed by atoms with Crippen molar-refractivity contribution in [2.24, 2.45) is 7.05 Å². The number of hydrogen-bond donors (Lipinski definition) is 1. The van der Waals surface area contributed by atoms with Crippen molar-refractivity contribution in [3.05, 3.63) is 68.1 Å². The standard InChI is InChI=1S/C20H18F4N4O2/c1-27-19(30)13-7-15(29)28(20(10-21)5-6-20)9-14(13)18(26-27)25-8-11-3-2-4-12(16(11)22)17(23)24/h2-4,7,9,17H,5-6,8,10H2,1H3,(H,25,26). The largest absolute Gasteiger partial charge is 0.364 e. The Morgan fingerprint density at radius 2 is 1.97 bits per heavy atom. The maximum absolute atomic E-state index is 14.3. The maximum Gasteiger partial charge on any atom is 0.274 e. The molecule has 4 rings (SSSR count).